The molecule has 0 bridgehead atoms. The lowest BCUT2D eigenvalue weighted by Gasteiger charge is -2.13. The molecule has 0 unspecified atom stereocenters. The van der Waals surface area contributed by atoms with Gasteiger partial charge in [0.05, 0.1) is 24.6 Å². The molecular weight excluding hydrogens is 374 g/mol. The van der Waals surface area contributed by atoms with Gasteiger partial charge in [-0.2, -0.15) is 10.2 Å². The maximum Gasteiger partial charge on any atom is 0.246 e. The van der Waals surface area contributed by atoms with Crippen LogP contribution >= 0.6 is 0 Å². The van der Waals surface area contributed by atoms with E-state index in [1.165, 1.54) is 5.56 Å². The summed E-state index contributed by atoms with van der Waals surface area (Å²) in [5.41, 5.74) is 4.04. The third-order valence-corrected chi connectivity index (χ3v) is 4.71. The Bertz CT molecular complexity index is 1130. The van der Waals surface area contributed by atoms with Crippen molar-refractivity contribution >= 4 is 12.0 Å². The fourth-order valence-corrected chi connectivity index (χ4v) is 3.13. The maximum atomic E-state index is 12.5. The Balaban J connectivity index is 1.33. The Morgan fingerprint density at radius 2 is 1.67 bits per heavy atom. The summed E-state index contributed by atoms with van der Waals surface area (Å²) in [5, 5.41) is 8.74. The van der Waals surface area contributed by atoms with E-state index in [1.54, 1.807) is 36.5 Å². The topological polar surface area (TPSA) is 56.0 Å². The molecule has 0 atom stereocenters. The predicted octanol–water partition coefficient (Wildman–Crippen LogP) is 3.79. The average molecular weight is 397 g/mol. The molecule has 2 aromatic carbocycles. The Hall–Kier alpha value is -3.93. The number of benzene rings is 2. The molecule has 150 valence electrons. The van der Waals surface area contributed by atoms with Crippen LogP contribution in [0.25, 0.3) is 11.8 Å². The summed E-state index contributed by atoms with van der Waals surface area (Å²) in [4.78, 5) is 14.1. The summed E-state index contributed by atoms with van der Waals surface area (Å²) in [6, 6.07) is 20.0. The standard InChI is InChI=1S/C24H23N5O/c1-27(16-22-15-26-29(19-22)23-10-6-3-7-11-23)24(30)13-12-21-14-25-28(18-21)17-20-8-4-2-5-9-20/h2-15,18-19H,16-17H2,1H3. The Morgan fingerprint density at radius 1 is 0.933 bits per heavy atom. The van der Waals surface area contributed by atoms with Crippen LogP contribution < -0.4 is 0 Å². The van der Waals surface area contributed by atoms with Crippen molar-refractivity contribution in [1.29, 1.82) is 0 Å². The first kappa shape index (κ1) is 19.4. The van der Waals surface area contributed by atoms with Crippen LogP contribution in [0.4, 0.5) is 0 Å². The summed E-state index contributed by atoms with van der Waals surface area (Å²) in [7, 11) is 1.78. The Kier molecular flexibility index (Phi) is 5.85. The van der Waals surface area contributed by atoms with Gasteiger partial charge in [0.25, 0.3) is 0 Å². The van der Waals surface area contributed by atoms with Gasteiger partial charge in [-0.1, -0.05) is 48.5 Å². The lowest BCUT2D eigenvalue weighted by molar-refractivity contribution is -0.125. The van der Waals surface area contributed by atoms with Gasteiger partial charge in [-0.15, -0.1) is 0 Å². The first-order valence-electron chi connectivity index (χ1n) is 9.76. The van der Waals surface area contributed by atoms with Crippen LogP contribution in [-0.2, 0) is 17.9 Å². The van der Waals surface area contributed by atoms with Crippen molar-refractivity contribution in [2.45, 2.75) is 13.1 Å². The number of likely N-dealkylation sites (N-methyl/N-ethyl adjacent to an activating group) is 1. The highest BCUT2D eigenvalue weighted by Gasteiger charge is 2.08. The van der Waals surface area contributed by atoms with Gasteiger partial charge in [0.1, 0.15) is 0 Å². The molecule has 0 saturated heterocycles. The van der Waals surface area contributed by atoms with Crippen LogP contribution in [0.15, 0.2) is 91.5 Å². The van der Waals surface area contributed by atoms with Gasteiger partial charge in [-0.05, 0) is 23.8 Å². The van der Waals surface area contributed by atoms with Crippen molar-refractivity contribution in [1.82, 2.24) is 24.5 Å². The van der Waals surface area contributed by atoms with Crippen LogP contribution in [-0.4, -0.2) is 37.4 Å². The first-order chi connectivity index (χ1) is 14.7. The van der Waals surface area contributed by atoms with Gasteiger partial charge in [-0.3, -0.25) is 9.48 Å². The SMILES string of the molecule is CN(Cc1cnn(-c2ccccc2)c1)C(=O)C=Cc1cnn(Cc2ccccc2)c1. The van der Waals surface area contributed by atoms with Crippen LogP contribution in [0.5, 0.6) is 0 Å². The molecule has 0 spiro atoms. The van der Waals surface area contributed by atoms with Gasteiger partial charge >= 0.3 is 0 Å². The van der Waals surface area contributed by atoms with E-state index in [9.17, 15) is 4.79 Å². The summed E-state index contributed by atoms with van der Waals surface area (Å²) in [5.74, 6) is -0.0710. The van der Waals surface area contributed by atoms with Crippen molar-refractivity contribution in [3.63, 3.8) is 0 Å². The Labute approximate surface area is 175 Å². The molecule has 0 aliphatic rings. The summed E-state index contributed by atoms with van der Waals surface area (Å²) in [6.45, 7) is 1.19. The molecule has 2 heterocycles. The van der Waals surface area contributed by atoms with Crippen LogP contribution in [0.3, 0.4) is 0 Å². The quantitative estimate of drug-likeness (QED) is 0.446. The molecule has 0 fully saturated rings. The zero-order chi connectivity index (χ0) is 20.8. The number of nitrogens with zero attached hydrogens (tertiary/aromatic N) is 5. The van der Waals surface area contributed by atoms with E-state index in [2.05, 4.69) is 22.3 Å². The highest BCUT2D eigenvalue weighted by molar-refractivity contribution is 5.91. The van der Waals surface area contributed by atoms with Gasteiger partial charge in [0, 0.05) is 43.2 Å². The highest BCUT2D eigenvalue weighted by Crippen LogP contribution is 2.10. The number of carbonyl (C=O) groups excluding carboxylic acids is 1. The van der Waals surface area contributed by atoms with E-state index < -0.39 is 0 Å². The van der Waals surface area contributed by atoms with Crippen LogP contribution in [0, 0.1) is 0 Å². The van der Waals surface area contributed by atoms with Gasteiger partial charge in [0.15, 0.2) is 0 Å². The number of carbonyl (C=O) groups is 1. The normalized spacial score (nSPS) is 11.1. The predicted molar refractivity (Wildman–Crippen MR) is 117 cm³/mol. The number of aromatic nitrogens is 4. The van der Waals surface area contributed by atoms with Crippen molar-refractivity contribution in [3.05, 3.63) is 108 Å². The second-order valence-corrected chi connectivity index (χ2v) is 7.11. The second kappa shape index (κ2) is 9.05. The number of rotatable bonds is 7. The summed E-state index contributed by atoms with van der Waals surface area (Å²) in [6.07, 6.45) is 10.8. The maximum absolute atomic E-state index is 12.5. The Morgan fingerprint density at radius 3 is 2.43 bits per heavy atom. The van der Waals surface area contributed by atoms with E-state index in [4.69, 9.17) is 0 Å². The van der Waals surface area contributed by atoms with Gasteiger partial charge in [-0.25, -0.2) is 4.68 Å². The molecule has 4 rings (SSSR count). The van der Waals surface area contributed by atoms with Crippen molar-refractivity contribution in [2.24, 2.45) is 0 Å². The minimum atomic E-state index is -0.0710. The van der Waals surface area contributed by atoms with Crippen LogP contribution in [0.2, 0.25) is 0 Å². The zero-order valence-corrected chi connectivity index (χ0v) is 16.8. The third kappa shape index (κ3) is 4.91. The van der Waals surface area contributed by atoms with Crippen molar-refractivity contribution < 1.29 is 4.79 Å². The smallest absolute Gasteiger partial charge is 0.246 e. The van der Waals surface area contributed by atoms with E-state index in [-0.39, 0.29) is 5.91 Å². The lowest BCUT2D eigenvalue weighted by Crippen LogP contribution is -2.23. The second-order valence-electron chi connectivity index (χ2n) is 7.11. The summed E-state index contributed by atoms with van der Waals surface area (Å²) >= 11 is 0. The van der Waals surface area contributed by atoms with E-state index in [0.717, 1.165) is 16.8 Å². The molecule has 1 amide bonds. The zero-order valence-electron chi connectivity index (χ0n) is 16.8. The minimum Gasteiger partial charge on any atom is -0.338 e. The molecule has 4 aromatic rings. The average Bonchev–Trinajstić information content (AvgIpc) is 3.43. The fourth-order valence-electron chi connectivity index (χ4n) is 3.13. The first-order valence-corrected chi connectivity index (χ1v) is 9.76. The largest absolute Gasteiger partial charge is 0.338 e. The minimum absolute atomic E-state index is 0.0710. The highest BCUT2D eigenvalue weighted by atomic mass is 16.2. The number of amides is 1. The molecule has 0 aliphatic carbocycles. The number of para-hydroxylation sites is 1. The van der Waals surface area contributed by atoms with Crippen molar-refractivity contribution in [2.75, 3.05) is 7.05 Å². The van der Waals surface area contributed by atoms with Crippen molar-refractivity contribution in [3.8, 4) is 5.69 Å². The molecule has 0 saturated carbocycles. The lowest BCUT2D eigenvalue weighted by atomic mass is 10.2. The van der Waals surface area contributed by atoms with Gasteiger partial charge in [0.2, 0.25) is 5.91 Å². The number of hydrogen-bond donors (Lipinski definition) is 0. The summed E-state index contributed by atoms with van der Waals surface area (Å²) < 4.78 is 3.67. The number of hydrogen-bond acceptors (Lipinski definition) is 3. The van der Waals surface area contributed by atoms with Gasteiger partial charge < -0.3 is 4.90 Å². The molecule has 0 radical (unpaired) electrons. The third-order valence-electron chi connectivity index (χ3n) is 4.71. The molecule has 0 aliphatic heterocycles. The molecule has 6 nitrogen and oxygen atoms in total. The van der Waals surface area contributed by atoms with Crippen LogP contribution in [0.1, 0.15) is 16.7 Å². The molecular formula is C24H23N5O. The molecule has 30 heavy (non-hydrogen) atoms. The van der Waals surface area contributed by atoms with E-state index in [1.807, 2.05) is 70.3 Å². The van der Waals surface area contributed by atoms with E-state index >= 15 is 0 Å². The monoisotopic (exact) mass is 397 g/mol. The molecule has 0 N–H and O–H groups in total. The van der Waals surface area contributed by atoms with E-state index in [0.29, 0.717) is 13.1 Å². The molecule has 6 heteroatoms. The fraction of sp³-hybridized carbons (Fsp3) is 0.125. The molecule has 2 aromatic heterocycles.